The van der Waals surface area contributed by atoms with Crippen molar-refractivity contribution in [1.82, 2.24) is 0 Å². The second kappa shape index (κ2) is 6.10. The van der Waals surface area contributed by atoms with Crippen LogP contribution in [0.5, 0.6) is 0 Å². The van der Waals surface area contributed by atoms with Crippen LogP contribution in [0.2, 0.25) is 0 Å². The molecule has 2 atom stereocenters. The van der Waals surface area contributed by atoms with E-state index in [1.165, 1.54) is 18.2 Å². The molecule has 1 aliphatic carbocycles. The molecule has 1 aromatic carbocycles. The average Bonchev–Trinajstić information content (AvgIpc) is 2.44. The van der Waals surface area contributed by atoms with Crippen LogP contribution < -0.4 is 5.32 Å². The SMILES string of the molecule is CC1CCCC(O)(CNc2cc(C#N)ccc2[N+](=O)[O-])C1. The van der Waals surface area contributed by atoms with Gasteiger partial charge in [0.15, 0.2) is 0 Å². The van der Waals surface area contributed by atoms with Crippen molar-refractivity contribution in [3.05, 3.63) is 33.9 Å². The summed E-state index contributed by atoms with van der Waals surface area (Å²) in [4.78, 5) is 10.5. The van der Waals surface area contributed by atoms with E-state index in [4.69, 9.17) is 5.26 Å². The highest BCUT2D eigenvalue weighted by Gasteiger charge is 2.32. The third-order valence-corrected chi connectivity index (χ3v) is 4.00. The van der Waals surface area contributed by atoms with Gasteiger partial charge in [0.2, 0.25) is 0 Å². The van der Waals surface area contributed by atoms with Gasteiger partial charge >= 0.3 is 0 Å². The van der Waals surface area contributed by atoms with Crippen molar-refractivity contribution in [2.75, 3.05) is 11.9 Å². The van der Waals surface area contributed by atoms with E-state index in [-0.39, 0.29) is 17.9 Å². The second-order valence-corrected chi connectivity index (χ2v) is 5.88. The smallest absolute Gasteiger partial charge is 0.292 e. The summed E-state index contributed by atoms with van der Waals surface area (Å²) in [5.74, 6) is 0.450. The van der Waals surface area contributed by atoms with Crippen molar-refractivity contribution in [1.29, 1.82) is 5.26 Å². The molecular weight excluding hydrogens is 270 g/mol. The summed E-state index contributed by atoms with van der Waals surface area (Å²) >= 11 is 0. The number of hydrogen-bond acceptors (Lipinski definition) is 5. The van der Waals surface area contributed by atoms with Gasteiger partial charge in [-0.3, -0.25) is 10.1 Å². The molecule has 0 saturated heterocycles. The van der Waals surface area contributed by atoms with Gasteiger partial charge in [0.1, 0.15) is 5.69 Å². The second-order valence-electron chi connectivity index (χ2n) is 5.88. The Balaban J connectivity index is 2.15. The molecule has 0 spiro atoms. The fourth-order valence-electron chi connectivity index (χ4n) is 2.96. The standard InChI is InChI=1S/C15H19N3O3/c1-11-3-2-6-15(19,8-11)10-17-13-7-12(9-16)4-5-14(13)18(20)21/h4-5,7,11,17,19H,2-3,6,8,10H2,1H3. The number of nitrogens with one attached hydrogen (secondary N) is 1. The van der Waals surface area contributed by atoms with Gasteiger partial charge in [-0.25, -0.2) is 0 Å². The molecule has 112 valence electrons. The summed E-state index contributed by atoms with van der Waals surface area (Å²) in [6.07, 6.45) is 3.44. The van der Waals surface area contributed by atoms with E-state index in [2.05, 4.69) is 12.2 Å². The molecule has 0 aliphatic heterocycles. The van der Waals surface area contributed by atoms with Crippen LogP contribution >= 0.6 is 0 Å². The van der Waals surface area contributed by atoms with Crippen molar-refractivity contribution < 1.29 is 10.0 Å². The molecule has 2 rings (SSSR count). The zero-order valence-corrected chi connectivity index (χ0v) is 12.0. The topological polar surface area (TPSA) is 99.2 Å². The van der Waals surface area contributed by atoms with Crippen LogP contribution in [0.15, 0.2) is 18.2 Å². The summed E-state index contributed by atoms with van der Waals surface area (Å²) in [5.41, 5.74) is -0.284. The Morgan fingerprint density at radius 3 is 3.00 bits per heavy atom. The van der Waals surface area contributed by atoms with Crippen LogP contribution in [0.3, 0.4) is 0 Å². The van der Waals surface area contributed by atoms with E-state index in [1.807, 2.05) is 6.07 Å². The van der Waals surface area contributed by atoms with Gasteiger partial charge in [-0.1, -0.05) is 19.8 Å². The lowest BCUT2D eigenvalue weighted by Crippen LogP contribution is -2.41. The molecule has 6 heteroatoms. The highest BCUT2D eigenvalue weighted by Crippen LogP contribution is 2.33. The van der Waals surface area contributed by atoms with Crippen LogP contribution in [0.4, 0.5) is 11.4 Å². The number of benzene rings is 1. The third kappa shape index (κ3) is 3.70. The Bertz CT molecular complexity index is 582. The fraction of sp³-hybridized carbons (Fsp3) is 0.533. The quantitative estimate of drug-likeness (QED) is 0.656. The molecule has 1 aliphatic rings. The zero-order chi connectivity index (χ0) is 15.5. The largest absolute Gasteiger partial charge is 0.388 e. The number of nitrogens with zero attached hydrogens (tertiary/aromatic N) is 2. The number of rotatable bonds is 4. The van der Waals surface area contributed by atoms with Crippen LogP contribution in [0.1, 0.15) is 38.2 Å². The summed E-state index contributed by atoms with van der Waals surface area (Å²) < 4.78 is 0. The first-order chi connectivity index (χ1) is 9.93. The van der Waals surface area contributed by atoms with Gasteiger partial charge in [-0.15, -0.1) is 0 Å². The molecule has 6 nitrogen and oxygen atoms in total. The van der Waals surface area contributed by atoms with E-state index < -0.39 is 10.5 Å². The Hall–Kier alpha value is -2.13. The van der Waals surface area contributed by atoms with Crippen molar-refractivity contribution in [3.63, 3.8) is 0 Å². The van der Waals surface area contributed by atoms with Gasteiger partial charge in [-0.2, -0.15) is 5.26 Å². The van der Waals surface area contributed by atoms with E-state index >= 15 is 0 Å². The highest BCUT2D eigenvalue weighted by atomic mass is 16.6. The predicted molar refractivity (Wildman–Crippen MR) is 78.9 cm³/mol. The normalized spacial score (nSPS) is 25.1. The van der Waals surface area contributed by atoms with E-state index in [9.17, 15) is 15.2 Å². The van der Waals surface area contributed by atoms with Crippen molar-refractivity contribution in [3.8, 4) is 6.07 Å². The first-order valence-electron chi connectivity index (χ1n) is 7.08. The Morgan fingerprint density at radius 1 is 1.62 bits per heavy atom. The lowest BCUT2D eigenvalue weighted by Gasteiger charge is -2.35. The van der Waals surface area contributed by atoms with Crippen molar-refractivity contribution >= 4 is 11.4 Å². The number of nitro groups is 1. The van der Waals surface area contributed by atoms with Gasteiger partial charge in [0.05, 0.1) is 22.2 Å². The maximum atomic E-state index is 11.0. The molecule has 0 radical (unpaired) electrons. The Morgan fingerprint density at radius 2 is 2.38 bits per heavy atom. The van der Waals surface area contributed by atoms with Gasteiger partial charge in [0.25, 0.3) is 5.69 Å². The lowest BCUT2D eigenvalue weighted by atomic mass is 9.79. The first kappa shape index (κ1) is 15.3. The minimum absolute atomic E-state index is 0.0820. The fourth-order valence-corrected chi connectivity index (χ4v) is 2.96. The van der Waals surface area contributed by atoms with E-state index in [0.717, 1.165) is 12.8 Å². The van der Waals surface area contributed by atoms with Crippen LogP contribution in [-0.4, -0.2) is 22.2 Å². The maximum absolute atomic E-state index is 11.0. The molecular formula is C15H19N3O3. The Labute approximate surface area is 123 Å². The molecule has 1 fully saturated rings. The Kier molecular flexibility index (Phi) is 4.43. The average molecular weight is 289 g/mol. The number of hydrogen-bond donors (Lipinski definition) is 2. The molecule has 21 heavy (non-hydrogen) atoms. The van der Waals surface area contributed by atoms with Crippen LogP contribution in [0.25, 0.3) is 0 Å². The number of nitriles is 1. The van der Waals surface area contributed by atoms with Gasteiger partial charge in [-0.05, 0) is 30.9 Å². The van der Waals surface area contributed by atoms with Gasteiger partial charge < -0.3 is 10.4 Å². The molecule has 0 amide bonds. The number of aliphatic hydroxyl groups is 1. The molecule has 1 saturated carbocycles. The van der Waals surface area contributed by atoms with Crippen LogP contribution in [-0.2, 0) is 0 Å². The maximum Gasteiger partial charge on any atom is 0.292 e. The molecule has 0 heterocycles. The summed E-state index contributed by atoms with van der Waals surface area (Å²) in [6.45, 7) is 2.36. The minimum atomic E-state index is -0.839. The van der Waals surface area contributed by atoms with E-state index in [0.29, 0.717) is 24.3 Å². The monoisotopic (exact) mass is 289 g/mol. The summed E-state index contributed by atoms with van der Waals surface area (Å²) in [6, 6.07) is 6.15. The molecule has 2 unspecified atom stereocenters. The number of anilines is 1. The third-order valence-electron chi connectivity index (χ3n) is 4.00. The lowest BCUT2D eigenvalue weighted by molar-refractivity contribution is -0.384. The first-order valence-corrected chi connectivity index (χ1v) is 7.08. The van der Waals surface area contributed by atoms with Crippen LogP contribution in [0, 0.1) is 27.4 Å². The highest BCUT2D eigenvalue weighted by molar-refractivity contribution is 5.64. The molecule has 0 bridgehead atoms. The van der Waals surface area contributed by atoms with Crippen molar-refractivity contribution in [2.45, 2.75) is 38.2 Å². The zero-order valence-electron chi connectivity index (χ0n) is 12.0. The van der Waals surface area contributed by atoms with E-state index in [1.54, 1.807) is 0 Å². The summed E-state index contributed by atoms with van der Waals surface area (Å²) in [5, 5.41) is 33.4. The molecule has 0 aromatic heterocycles. The van der Waals surface area contributed by atoms with Crippen molar-refractivity contribution in [2.24, 2.45) is 5.92 Å². The molecule has 1 aromatic rings. The molecule has 2 N–H and O–H groups in total. The predicted octanol–water partition coefficient (Wildman–Crippen LogP) is 2.82. The summed E-state index contributed by atoms with van der Waals surface area (Å²) in [7, 11) is 0. The minimum Gasteiger partial charge on any atom is -0.388 e. The van der Waals surface area contributed by atoms with Gasteiger partial charge in [0, 0.05) is 12.6 Å². The number of nitro benzene ring substituents is 1.